The molecule has 1 heterocycles. The molecule has 0 spiro atoms. The summed E-state index contributed by atoms with van der Waals surface area (Å²) >= 11 is 3.30. The summed E-state index contributed by atoms with van der Waals surface area (Å²) in [6.07, 6.45) is 1.84. The first-order valence-electron chi connectivity index (χ1n) is 4.79. The van der Waals surface area contributed by atoms with E-state index in [0.29, 0.717) is 0 Å². The fourth-order valence-corrected chi connectivity index (χ4v) is 2.52. The molecular formula is C9H12BrF2N3. The number of alkyl halides is 2. The van der Waals surface area contributed by atoms with Crippen LogP contribution >= 0.6 is 15.9 Å². The van der Waals surface area contributed by atoms with Gasteiger partial charge in [0.1, 0.15) is 0 Å². The number of aromatic amines is 1. The predicted octanol–water partition coefficient (Wildman–Crippen LogP) is 2.54. The van der Waals surface area contributed by atoms with E-state index in [1.54, 1.807) is 6.20 Å². The van der Waals surface area contributed by atoms with Crippen molar-refractivity contribution in [1.29, 1.82) is 0 Å². The number of aromatic nitrogens is 2. The molecule has 0 aromatic carbocycles. The lowest BCUT2D eigenvalue weighted by Crippen LogP contribution is -2.44. The van der Waals surface area contributed by atoms with Crippen molar-refractivity contribution in [2.75, 3.05) is 0 Å². The summed E-state index contributed by atoms with van der Waals surface area (Å²) in [6, 6.07) is 0. The van der Waals surface area contributed by atoms with E-state index in [-0.39, 0.29) is 25.7 Å². The molecule has 1 saturated carbocycles. The summed E-state index contributed by atoms with van der Waals surface area (Å²) in [6.45, 7) is 0. The van der Waals surface area contributed by atoms with Crippen molar-refractivity contribution in [3.63, 3.8) is 0 Å². The van der Waals surface area contributed by atoms with Crippen LogP contribution in [-0.4, -0.2) is 16.1 Å². The zero-order valence-corrected chi connectivity index (χ0v) is 9.65. The molecule has 1 aliphatic rings. The third-order valence-corrected chi connectivity index (χ3v) is 3.57. The van der Waals surface area contributed by atoms with Crippen molar-refractivity contribution >= 4 is 15.9 Å². The van der Waals surface area contributed by atoms with E-state index in [0.717, 1.165) is 10.2 Å². The highest BCUT2D eigenvalue weighted by Crippen LogP contribution is 2.43. The summed E-state index contributed by atoms with van der Waals surface area (Å²) in [5, 5.41) is 6.62. The molecule has 2 rings (SSSR count). The van der Waals surface area contributed by atoms with Crippen molar-refractivity contribution in [3.05, 3.63) is 16.4 Å². The van der Waals surface area contributed by atoms with Gasteiger partial charge >= 0.3 is 0 Å². The molecule has 6 heteroatoms. The third-order valence-electron chi connectivity index (χ3n) is 2.96. The number of hydrogen-bond acceptors (Lipinski definition) is 2. The van der Waals surface area contributed by atoms with E-state index in [9.17, 15) is 8.78 Å². The van der Waals surface area contributed by atoms with E-state index < -0.39 is 11.5 Å². The summed E-state index contributed by atoms with van der Waals surface area (Å²) in [4.78, 5) is 0. The topological polar surface area (TPSA) is 54.7 Å². The standard InChI is InChI=1S/C9H12BrF2N3/c10-6-5-14-15-7(6)8(13)1-3-9(11,12)4-2-8/h5H,1-4,13H2,(H,14,15). The number of nitrogens with zero attached hydrogens (tertiary/aromatic N) is 1. The first kappa shape index (κ1) is 11.0. The average Bonchev–Trinajstić information content (AvgIpc) is 2.58. The molecule has 1 aromatic rings. The second kappa shape index (κ2) is 3.52. The Labute approximate surface area is 94.6 Å². The summed E-state index contributed by atoms with van der Waals surface area (Å²) < 4.78 is 26.8. The number of nitrogens with one attached hydrogen (secondary N) is 1. The fraction of sp³-hybridized carbons (Fsp3) is 0.667. The molecule has 1 fully saturated rings. The van der Waals surface area contributed by atoms with Crippen LogP contribution in [0.4, 0.5) is 8.78 Å². The average molecular weight is 280 g/mol. The molecule has 0 saturated heterocycles. The largest absolute Gasteiger partial charge is 0.320 e. The van der Waals surface area contributed by atoms with Crippen LogP contribution in [0, 0.1) is 0 Å². The Morgan fingerprint density at radius 1 is 1.33 bits per heavy atom. The van der Waals surface area contributed by atoms with Crippen LogP contribution in [0.2, 0.25) is 0 Å². The number of H-pyrrole nitrogens is 1. The second-order valence-electron chi connectivity index (χ2n) is 4.11. The summed E-state index contributed by atoms with van der Waals surface area (Å²) in [7, 11) is 0. The molecule has 3 N–H and O–H groups in total. The Morgan fingerprint density at radius 3 is 2.40 bits per heavy atom. The van der Waals surface area contributed by atoms with Gasteiger partial charge in [0.2, 0.25) is 5.92 Å². The van der Waals surface area contributed by atoms with Gasteiger partial charge in [0.05, 0.1) is 21.9 Å². The van der Waals surface area contributed by atoms with Crippen LogP contribution in [0.5, 0.6) is 0 Å². The molecule has 84 valence electrons. The van der Waals surface area contributed by atoms with Gasteiger partial charge in [-0.25, -0.2) is 8.78 Å². The normalized spacial score (nSPS) is 24.0. The molecule has 15 heavy (non-hydrogen) atoms. The van der Waals surface area contributed by atoms with E-state index in [1.807, 2.05) is 0 Å². The highest BCUT2D eigenvalue weighted by atomic mass is 79.9. The Hall–Kier alpha value is -0.490. The molecule has 3 nitrogen and oxygen atoms in total. The van der Waals surface area contributed by atoms with Crippen LogP contribution in [0.3, 0.4) is 0 Å². The molecule has 0 radical (unpaired) electrons. The van der Waals surface area contributed by atoms with Crippen LogP contribution in [0.15, 0.2) is 10.7 Å². The SMILES string of the molecule is NC1(c2[nH]ncc2Br)CCC(F)(F)CC1. The van der Waals surface area contributed by atoms with Crippen LogP contribution in [0.25, 0.3) is 0 Å². The number of rotatable bonds is 1. The van der Waals surface area contributed by atoms with Crippen molar-refractivity contribution in [3.8, 4) is 0 Å². The minimum Gasteiger partial charge on any atom is -0.320 e. The van der Waals surface area contributed by atoms with Gasteiger partial charge in [0.15, 0.2) is 0 Å². The highest BCUT2D eigenvalue weighted by molar-refractivity contribution is 9.10. The number of nitrogens with two attached hydrogens (primary N) is 1. The van der Waals surface area contributed by atoms with Gasteiger partial charge in [0.25, 0.3) is 0 Å². The smallest absolute Gasteiger partial charge is 0.248 e. The van der Waals surface area contributed by atoms with E-state index >= 15 is 0 Å². The molecule has 0 unspecified atom stereocenters. The van der Waals surface area contributed by atoms with Crippen molar-refractivity contribution in [1.82, 2.24) is 10.2 Å². The lowest BCUT2D eigenvalue weighted by Gasteiger charge is -2.36. The van der Waals surface area contributed by atoms with Crippen molar-refractivity contribution in [2.24, 2.45) is 5.73 Å². The number of hydrogen-bond donors (Lipinski definition) is 2. The molecule has 1 aromatic heterocycles. The minimum absolute atomic E-state index is 0.158. The van der Waals surface area contributed by atoms with Crippen molar-refractivity contribution in [2.45, 2.75) is 37.1 Å². The third kappa shape index (κ3) is 2.06. The van der Waals surface area contributed by atoms with E-state index in [2.05, 4.69) is 26.1 Å². The van der Waals surface area contributed by atoms with Crippen LogP contribution in [0.1, 0.15) is 31.4 Å². The second-order valence-corrected chi connectivity index (χ2v) is 4.96. The first-order chi connectivity index (χ1) is 6.93. The van der Waals surface area contributed by atoms with E-state index in [4.69, 9.17) is 5.73 Å². The van der Waals surface area contributed by atoms with Crippen LogP contribution in [-0.2, 0) is 5.54 Å². The van der Waals surface area contributed by atoms with Crippen molar-refractivity contribution < 1.29 is 8.78 Å². The molecule has 0 atom stereocenters. The monoisotopic (exact) mass is 279 g/mol. The molecule has 0 aliphatic heterocycles. The zero-order valence-electron chi connectivity index (χ0n) is 8.06. The van der Waals surface area contributed by atoms with Crippen LogP contribution < -0.4 is 5.73 Å². The Bertz CT molecular complexity index is 354. The van der Waals surface area contributed by atoms with Gasteiger partial charge in [-0.1, -0.05) is 0 Å². The summed E-state index contributed by atoms with van der Waals surface area (Å²) in [5.41, 5.74) is 6.14. The number of halogens is 3. The Kier molecular flexibility index (Phi) is 2.58. The Balaban J connectivity index is 2.20. The molecule has 1 aliphatic carbocycles. The maximum Gasteiger partial charge on any atom is 0.248 e. The fourth-order valence-electron chi connectivity index (χ4n) is 1.93. The van der Waals surface area contributed by atoms with E-state index in [1.165, 1.54) is 0 Å². The Morgan fingerprint density at radius 2 is 1.93 bits per heavy atom. The van der Waals surface area contributed by atoms with Gasteiger partial charge in [-0.05, 0) is 28.8 Å². The maximum atomic E-state index is 13.0. The van der Waals surface area contributed by atoms with Gasteiger partial charge in [-0.3, -0.25) is 5.10 Å². The van der Waals surface area contributed by atoms with Gasteiger partial charge in [-0.15, -0.1) is 0 Å². The highest BCUT2D eigenvalue weighted by Gasteiger charge is 2.43. The first-order valence-corrected chi connectivity index (χ1v) is 5.58. The lowest BCUT2D eigenvalue weighted by molar-refractivity contribution is -0.0520. The maximum absolute atomic E-state index is 13.0. The summed E-state index contributed by atoms with van der Waals surface area (Å²) in [5.74, 6) is -2.56. The molecule has 0 bridgehead atoms. The molecule has 0 amide bonds. The molecular weight excluding hydrogens is 268 g/mol. The van der Waals surface area contributed by atoms with Gasteiger partial charge < -0.3 is 5.73 Å². The van der Waals surface area contributed by atoms with Gasteiger partial charge in [-0.2, -0.15) is 5.10 Å². The predicted molar refractivity (Wildman–Crippen MR) is 55.6 cm³/mol. The zero-order chi connectivity index (χ0) is 11.1. The minimum atomic E-state index is -2.56. The lowest BCUT2D eigenvalue weighted by atomic mass is 9.78. The van der Waals surface area contributed by atoms with Gasteiger partial charge in [0, 0.05) is 12.8 Å². The quantitative estimate of drug-likeness (QED) is 0.830.